The topological polar surface area (TPSA) is 54.8 Å². The van der Waals surface area contributed by atoms with Crippen LogP contribution in [0.3, 0.4) is 0 Å². The number of nitrogens with zero attached hydrogens (tertiary/aromatic N) is 3. The molecule has 1 unspecified atom stereocenters. The van der Waals surface area contributed by atoms with Crippen LogP contribution in [0, 0.1) is 6.92 Å². The number of hydrogen-bond donors (Lipinski definition) is 0. The molecule has 4 rings (SSSR count). The fraction of sp³-hybridized carbons (Fsp3) is 0.419. The first-order chi connectivity index (χ1) is 18.0. The van der Waals surface area contributed by atoms with Crippen molar-refractivity contribution in [2.24, 2.45) is 0 Å². The lowest BCUT2D eigenvalue weighted by atomic mass is 9.91. The summed E-state index contributed by atoms with van der Waals surface area (Å²) >= 11 is 0. The van der Waals surface area contributed by atoms with E-state index in [1.54, 1.807) is 16.8 Å². The minimum absolute atomic E-state index is 0.0616. The molecule has 6 heteroatoms. The Morgan fingerprint density at radius 2 is 1.78 bits per heavy atom. The Bertz CT molecular complexity index is 1210. The molecule has 0 radical (unpaired) electrons. The molecule has 2 aromatic carbocycles. The maximum atomic E-state index is 13.3. The van der Waals surface area contributed by atoms with Gasteiger partial charge < -0.3 is 19.1 Å². The van der Waals surface area contributed by atoms with E-state index in [0.717, 1.165) is 38.1 Å². The van der Waals surface area contributed by atoms with Gasteiger partial charge in [-0.2, -0.15) is 0 Å². The molecule has 1 aromatic heterocycles. The molecule has 0 bridgehead atoms. The van der Waals surface area contributed by atoms with Gasteiger partial charge in [0.2, 0.25) is 5.91 Å². The number of carbonyl (C=O) groups excluding carboxylic acids is 1. The van der Waals surface area contributed by atoms with Crippen LogP contribution in [0.15, 0.2) is 77.7 Å². The number of amides is 1. The number of aryl methyl sites for hydroxylation is 2. The van der Waals surface area contributed by atoms with Gasteiger partial charge in [0.05, 0.1) is 6.54 Å². The van der Waals surface area contributed by atoms with E-state index in [1.807, 2.05) is 17.0 Å². The van der Waals surface area contributed by atoms with Gasteiger partial charge in [0, 0.05) is 43.9 Å². The van der Waals surface area contributed by atoms with Crippen LogP contribution in [0.1, 0.15) is 48.3 Å². The van der Waals surface area contributed by atoms with Crippen molar-refractivity contribution in [3.63, 3.8) is 0 Å². The molecule has 0 spiro atoms. The van der Waals surface area contributed by atoms with E-state index in [-0.39, 0.29) is 11.5 Å². The number of hydrogen-bond acceptors (Lipinski definition) is 4. The summed E-state index contributed by atoms with van der Waals surface area (Å²) in [6.45, 7) is 5.97. The van der Waals surface area contributed by atoms with Gasteiger partial charge in [0.1, 0.15) is 12.4 Å². The Balaban J connectivity index is 1.51. The Morgan fingerprint density at radius 3 is 2.59 bits per heavy atom. The monoisotopic (exact) mass is 501 g/mol. The molecule has 1 atom stereocenters. The zero-order chi connectivity index (χ0) is 26.0. The predicted octanol–water partition coefficient (Wildman–Crippen LogP) is 4.85. The van der Waals surface area contributed by atoms with Gasteiger partial charge in [0.15, 0.2) is 0 Å². The minimum atomic E-state index is -0.0813. The summed E-state index contributed by atoms with van der Waals surface area (Å²) < 4.78 is 7.81. The molecule has 0 saturated heterocycles. The standard InChI is InChI=1S/C31H39N3O3/c1-25-13-14-29-28(23-25)24-32(2)19-15-27(26-9-4-3-5-10-26)11-8-18-34(21-22-37-29)31(36)16-20-33-17-7-6-12-30(33)35/h3-7,9-10,12-14,17,23,27H,8,11,15-16,18-22,24H2,1-2H3. The van der Waals surface area contributed by atoms with E-state index in [9.17, 15) is 9.59 Å². The molecule has 3 aromatic rings. The summed E-state index contributed by atoms with van der Waals surface area (Å²) in [5, 5.41) is 0. The van der Waals surface area contributed by atoms with Gasteiger partial charge in [-0.25, -0.2) is 0 Å². The highest BCUT2D eigenvalue weighted by Gasteiger charge is 2.19. The van der Waals surface area contributed by atoms with Crippen LogP contribution in [0.5, 0.6) is 5.75 Å². The van der Waals surface area contributed by atoms with Gasteiger partial charge >= 0.3 is 0 Å². The Hall–Kier alpha value is -3.38. The second-order valence-electron chi connectivity index (χ2n) is 10.1. The second kappa shape index (κ2) is 13.2. The van der Waals surface area contributed by atoms with E-state index in [1.165, 1.54) is 22.8 Å². The van der Waals surface area contributed by atoms with Crippen molar-refractivity contribution >= 4 is 5.91 Å². The van der Waals surface area contributed by atoms with Crippen LogP contribution >= 0.6 is 0 Å². The zero-order valence-corrected chi connectivity index (χ0v) is 22.1. The molecule has 0 aliphatic carbocycles. The van der Waals surface area contributed by atoms with E-state index < -0.39 is 0 Å². The summed E-state index contributed by atoms with van der Waals surface area (Å²) in [7, 11) is 2.18. The van der Waals surface area contributed by atoms with Crippen LogP contribution in [-0.2, 0) is 17.9 Å². The largest absolute Gasteiger partial charge is 0.491 e. The van der Waals surface area contributed by atoms with Crippen LogP contribution < -0.4 is 10.3 Å². The molecular weight excluding hydrogens is 462 g/mol. The predicted molar refractivity (Wildman–Crippen MR) is 148 cm³/mol. The fourth-order valence-corrected chi connectivity index (χ4v) is 5.10. The van der Waals surface area contributed by atoms with Gasteiger partial charge in [-0.15, -0.1) is 0 Å². The SMILES string of the molecule is Cc1ccc2c(c1)CN(C)CCC(c1ccccc1)CCCN(C(=O)CCn1ccccc1=O)CCO2. The van der Waals surface area contributed by atoms with E-state index in [4.69, 9.17) is 4.74 Å². The third-order valence-corrected chi connectivity index (χ3v) is 7.20. The minimum Gasteiger partial charge on any atom is -0.491 e. The Morgan fingerprint density at radius 1 is 0.973 bits per heavy atom. The maximum absolute atomic E-state index is 13.3. The van der Waals surface area contributed by atoms with Crippen molar-refractivity contribution in [2.75, 3.05) is 33.3 Å². The molecule has 0 N–H and O–H groups in total. The normalized spacial score (nSPS) is 17.9. The van der Waals surface area contributed by atoms with Gasteiger partial charge in [0.25, 0.3) is 5.56 Å². The molecule has 2 heterocycles. The first kappa shape index (κ1) is 26.7. The molecule has 0 fully saturated rings. The highest BCUT2D eigenvalue weighted by Crippen LogP contribution is 2.27. The van der Waals surface area contributed by atoms with Crippen LogP contribution in [0.2, 0.25) is 0 Å². The van der Waals surface area contributed by atoms with Crippen molar-refractivity contribution in [1.29, 1.82) is 0 Å². The van der Waals surface area contributed by atoms with E-state index >= 15 is 0 Å². The fourth-order valence-electron chi connectivity index (χ4n) is 5.10. The van der Waals surface area contributed by atoms with Crippen LogP contribution in [-0.4, -0.2) is 53.6 Å². The molecule has 196 valence electrons. The Labute approximate surface area is 220 Å². The van der Waals surface area contributed by atoms with E-state index in [2.05, 4.69) is 61.3 Å². The number of pyridine rings is 1. The molecule has 37 heavy (non-hydrogen) atoms. The second-order valence-corrected chi connectivity index (χ2v) is 10.1. The summed E-state index contributed by atoms with van der Waals surface area (Å²) in [5.41, 5.74) is 3.68. The van der Waals surface area contributed by atoms with Crippen molar-refractivity contribution in [3.05, 3.63) is 100.0 Å². The molecule has 6 nitrogen and oxygen atoms in total. The van der Waals surface area contributed by atoms with Gasteiger partial charge in [-0.3, -0.25) is 9.59 Å². The van der Waals surface area contributed by atoms with Crippen LogP contribution in [0.4, 0.5) is 0 Å². The summed E-state index contributed by atoms with van der Waals surface area (Å²) in [4.78, 5) is 29.6. The lowest BCUT2D eigenvalue weighted by Gasteiger charge is -2.27. The molecule has 1 amide bonds. The summed E-state index contributed by atoms with van der Waals surface area (Å²) in [6.07, 6.45) is 5.05. The summed E-state index contributed by atoms with van der Waals surface area (Å²) in [6, 6.07) is 22.1. The number of aromatic nitrogens is 1. The average Bonchev–Trinajstić information content (AvgIpc) is 2.90. The lowest BCUT2D eigenvalue weighted by Crippen LogP contribution is -2.37. The highest BCUT2D eigenvalue weighted by atomic mass is 16.5. The van der Waals surface area contributed by atoms with Crippen molar-refractivity contribution in [1.82, 2.24) is 14.4 Å². The Kier molecular flexibility index (Phi) is 9.55. The highest BCUT2D eigenvalue weighted by molar-refractivity contribution is 5.76. The van der Waals surface area contributed by atoms with Gasteiger partial charge in [-0.1, -0.05) is 54.1 Å². The molecule has 1 aliphatic rings. The maximum Gasteiger partial charge on any atom is 0.250 e. The van der Waals surface area contributed by atoms with Gasteiger partial charge in [-0.05, 0) is 63.4 Å². The zero-order valence-electron chi connectivity index (χ0n) is 22.1. The quantitative estimate of drug-likeness (QED) is 0.513. The van der Waals surface area contributed by atoms with Crippen molar-refractivity contribution in [3.8, 4) is 5.75 Å². The first-order valence-corrected chi connectivity index (χ1v) is 13.4. The number of ether oxygens (including phenoxy) is 1. The average molecular weight is 502 g/mol. The van der Waals surface area contributed by atoms with Crippen molar-refractivity contribution in [2.45, 2.75) is 51.6 Å². The number of benzene rings is 2. The summed E-state index contributed by atoms with van der Waals surface area (Å²) in [5.74, 6) is 1.39. The molecular formula is C31H39N3O3. The molecule has 1 aliphatic heterocycles. The van der Waals surface area contributed by atoms with E-state index in [0.29, 0.717) is 38.6 Å². The van der Waals surface area contributed by atoms with Crippen molar-refractivity contribution < 1.29 is 9.53 Å². The third kappa shape index (κ3) is 7.80. The smallest absolute Gasteiger partial charge is 0.250 e. The number of carbonyl (C=O) groups is 1. The number of fused-ring (bicyclic) bond motifs is 1. The first-order valence-electron chi connectivity index (χ1n) is 13.4. The number of rotatable bonds is 4. The molecule has 0 saturated carbocycles. The third-order valence-electron chi connectivity index (χ3n) is 7.20. The van der Waals surface area contributed by atoms with Crippen LogP contribution in [0.25, 0.3) is 0 Å². The lowest BCUT2D eigenvalue weighted by molar-refractivity contribution is -0.132.